The van der Waals surface area contributed by atoms with Gasteiger partial charge in [-0.05, 0) is 31.2 Å². The second kappa shape index (κ2) is 8.26. The van der Waals surface area contributed by atoms with Gasteiger partial charge in [-0.25, -0.2) is 4.79 Å². The lowest BCUT2D eigenvalue weighted by Gasteiger charge is -2.15. The van der Waals surface area contributed by atoms with Crippen LogP contribution in [0.1, 0.15) is 17.3 Å². The summed E-state index contributed by atoms with van der Waals surface area (Å²) in [6, 6.07) is 7.75. The number of benzene rings is 2. The van der Waals surface area contributed by atoms with E-state index < -0.39 is 18.0 Å². The van der Waals surface area contributed by atoms with E-state index in [4.69, 9.17) is 35.3 Å². The van der Waals surface area contributed by atoms with E-state index in [1.807, 2.05) is 0 Å². The van der Waals surface area contributed by atoms with Crippen molar-refractivity contribution in [1.29, 1.82) is 0 Å². The summed E-state index contributed by atoms with van der Waals surface area (Å²) < 4.78 is 26.0. The van der Waals surface area contributed by atoms with Crippen molar-refractivity contribution in [1.82, 2.24) is 0 Å². The molecule has 0 unspecified atom stereocenters. The molecular formula is C19H18ClNO7. The van der Waals surface area contributed by atoms with E-state index >= 15 is 0 Å². The van der Waals surface area contributed by atoms with Crippen LogP contribution in [-0.4, -0.2) is 39.0 Å². The predicted octanol–water partition coefficient (Wildman–Crippen LogP) is 3.27. The van der Waals surface area contributed by atoms with Gasteiger partial charge in [0.2, 0.25) is 6.79 Å². The zero-order valence-electron chi connectivity index (χ0n) is 15.4. The molecule has 28 heavy (non-hydrogen) atoms. The minimum absolute atomic E-state index is 0.0255. The summed E-state index contributed by atoms with van der Waals surface area (Å²) >= 11 is 6.06. The third-order valence-corrected chi connectivity index (χ3v) is 4.25. The van der Waals surface area contributed by atoms with E-state index in [0.717, 1.165) is 0 Å². The number of rotatable bonds is 6. The summed E-state index contributed by atoms with van der Waals surface area (Å²) in [6.45, 7) is 1.49. The number of esters is 1. The summed E-state index contributed by atoms with van der Waals surface area (Å²) in [4.78, 5) is 24.7. The average molecular weight is 408 g/mol. The van der Waals surface area contributed by atoms with Crippen molar-refractivity contribution in [2.45, 2.75) is 13.0 Å². The lowest BCUT2D eigenvalue weighted by molar-refractivity contribution is -0.123. The summed E-state index contributed by atoms with van der Waals surface area (Å²) in [6.07, 6.45) is -1.05. The molecule has 2 aromatic rings. The normalized spacial score (nSPS) is 12.9. The van der Waals surface area contributed by atoms with Gasteiger partial charge in [-0.3, -0.25) is 4.79 Å². The van der Waals surface area contributed by atoms with Crippen LogP contribution >= 0.6 is 11.6 Å². The van der Waals surface area contributed by atoms with Gasteiger partial charge in [0.25, 0.3) is 5.91 Å². The van der Waals surface area contributed by atoms with Gasteiger partial charge in [-0.1, -0.05) is 11.6 Å². The average Bonchev–Trinajstić information content (AvgIpc) is 3.17. The van der Waals surface area contributed by atoms with Crippen molar-refractivity contribution < 1.29 is 33.3 Å². The number of hydrogen-bond donors (Lipinski definition) is 1. The highest BCUT2D eigenvalue weighted by Crippen LogP contribution is 2.40. The molecule has 0 radical (unpaired) electrons. The molecule has 0 saturated heterocycles. The Morgan fingerprint density at radius 2 is 1.86 bits per heavy atom. The molecule has 1 amide bonds. The lowest BCUT2D eigenvalue weighted by atomic mass is 10.2. The number of ether oxygens (including phenoxy) is 5. The number of carbonyl (C=O) groups excluding carboxylic acids is 2. The van der Waals surface area contributed by atoms with E-state index in [9.17, 15) is 9.59 Å². The Hall–Kier alpha value is -3.13. The van der Waals surface area contributed by atoms with E-state index in [1.165, 1.54) is 33.3 Å². The Morgan fingerprint density at radius 3 is 2.57 bits per heavy atom. The summed E-state index contributed by atoms with van der Waals surface area (Å²) in [7, 11) is 3.00. The van der Waals surface area contributed by atoms with Gasteiger partial charge >= 0.3 is 5.97 Å². The van der Waals surface area contributed by atoms with Crippen LogP contribution in [0, 0.1) is 0 Å². The maximum atomic E-state index is 12.4. The van der Waals surface area contributed by atoms with Crippen LogP contribution in [0.25, 0.3) is 0 Å². The van der Waals surface area contributed by atoms with E-state index in [0.29, 0.717) is 28.7 Å². The van der Waals surface area contributed by atoms with Crippen LogP contribution in [0.2, 0.25) is 5.02 Å². The van der Waals surface area contributed by atoms with Crippen LogP contribution in [0.3, 0.4) is 0 Å². The number of carbonyl (C=O) groups is 2. The van der Waals surface area contributed by atoms with Gasteiger partial charge in [0.15, 0.2) is 29.1 Å². The van der Waals surface area contributed by atoms with Crippen molar-refractivity contribution in [3.63, 3.8) is 0 Å². The number of nitrogens with one attached hydrogen (secondary N) is 1. The fraction of sp³-hybridized carbons (Fsp3) is 0.263. The summed E-state index contributed by atoms with van der Waals surface area (Å²) in [5.41, 5.74) is 0.622. The third-order valence-electron chi connectivity index (χ3n) is 3.97. The number of fused-ring (bicyclic) bond motifs is 1. The first kappa shape index (κ1) is 19.6. The first-order valence-electron chi connectivity index (χ1n) is 8.26. The number of hydrogen-bond acceptors (Lipinski definition) is 7. The van der Waals surface area contributed by atoms with Crippen LogP contribution in [0.4, 0.5) is 5.69 Å². The number of methoxy groups -OCH3 is 2. The Labute approximate surface area is 166 Å². The van der Waals surface area contributed by atoms with Crippen LogP contribution in [0.15, 0.2) is 30.3 Å². The SMILES string of the molecule is COc1ccc(NC(=O)[C@@H](C)OC(=O)c2cc(Cl)c3c(c2)OCO3)cc1OC. The molecule has 0 bridgehead atoms. The van der Waals surface area contributed by atoms with Gasteiger partial charge < -0.3 is 29.0 Å². The zero-order valence-corrected chi connectivity index (χ0v) is 16.2. The molecule has 0 saturated carbocycles. The van der Waals surface area contributed by atoms with Crippen molar-refractivity contribution in [3.8, 4) is 23.0 Å². The van der Waals surface area contributed by atoms with Crippen LogP contribution in [0.5, 0.6) is 23.0 Å². The smallest absolute Gasteiger partial charge is 0.339 e. The topological polar surface area (TPSA) is 92.3 Å². The van der Waals surface area contributed by atoms with Gasteiger partial charge in [0.1, 0.15) is 0 Å². The molecule has 2 aromatic carbocycles. The van der Waals surface area contributed by atoms with Crippen molar-refractivity contribution >= 4 is 29.2 Å². The number of amides is 1. The standard InChI is InChI=1S/C19H18ClNO7/c1-10(18(22)21-12-4-5-14(24-2)15(8-12)25-3)28-19(23)11-6-13(20)17-16(7-11)26-9-27-17/h4-8,10H,9H2,1-3H3,(H,21,22)/t10-/m1/s1. The molecular weight excluding hydrogens is 390 g/mol. The van der Waals surface area contributed by atoms with E-state index in [-0.39, 0.29) is 17.4 Å². The maximum absolute atomic E-state index is 12.4. The predicted molar refractivity (Wildman–Crippen MR) is 101 cm³/mol. The second-order valence-electron chi connectivity index (χ2n) is 5.80. The monoisotopic (exact) mass is 407 g/mol. The van der Waals surface area contributed by atoms with Crippen LogP contribution < -0.4 is 24.3 Å². The molecule has 1 aliphatic rings. The highest BCUT2D eigenvalue weighted by molar-refractivity contribution is 6.32. The largest absolute Gasteiger partial charge is 0.493 e. The number of anilines is 1. The fourth-order valence-electron chi connectivity index (χ4n) is 2.53. The molecule has 1 N–H and O–H groups in total. The molecule has 1 heterocycles. The number of halogens is 1. The Bertz CT molecular complexity index is 915. The van der Waals surface area contributed by atoms with Gasteiger partial charge in [-0.15, -0.1) is 0 Å². The highest BCUT2D eigenvalue weighted by atomic mass is 35.5. The Balaban J connectivity index is 1.66. The van der Waals surface area contributed by atoms with E-state index in [1.54, 1.807) is 18.2 Å². The maximum Gasteiger partial charge on any atom is 0.339 e. The minimum atomic E-state index is -1.05. The highest BCUT2D eigenvalue weighted by Gasteiger charge is 2.24. The first-order chi connectivity index (χ1) is 13.4. The molecule has 1 aliphatic heterocycles. The lowest BCUT2D eigenvalue weighted by Crippen LogP contribution is -2.30. The van der Waals surface area contributed by atoms with Crippen molar-refractivity contribution in [2.75, 3.05) is 26.3 Å². The molecule has 0 fully saturated rings. The molecule has 3 rings (SSSR count). The Kier molecular flexibility index (Phi) is 5.79. The van der Waals surface area contributed by atoms with Crippen molar-refractivity contribution in [3.05, 3.63) is 40.9 Å². The second-order valence-corrected chi connectivity index (χ2v) is 6.21. The minimum Gasteiger partial charge on any atom is -0.493 e. The first-order valence-corrected chi connectivity index (χ1v) is 8.63. The van der Waals surface area contributed by atoms with Crippen LogP contribution in [-0.2, 0) is 9.53 Å². The zero-order chi connectivity index (χ0) is 20.3. The van der Waals surface area contributed by atoms with Crippen molar-refractivity contribution in [2.24, 2.45) is 0 Å². The molecule has 148 valence electrons. The molecule has 0 aromatic heterocycles. The molecule has 9 heteroatoms. The fourth-order valence-corrected chi connectivity index (χ4v) is 2.79. The molecule has 0 spiro atoms. The molecule has 0 aliphatic carbocycles. The van der Waals surface area contributed by atoms with Gasteiger partial charge in [-0.2, -0.15) is 0 Å². The summed E-state index contributed by atoms with van der Waals surface area (Å²) in [5, 5.41) is 2.88. The molecule has 1 atom stereocenters. The third kappa shape index (κ3) is 4.07. The Morgan fingerprint density at radius 1 is 1.11 bits per heavy atom. The van der Waals surface area contributed by atoms with E-state index in [2.05, 4.69) is 5.32 Å². The quantitative estimate of drug-likeness (QED) is 0.734. The summed E-state index contributed by atoms with van der Waals surface area (Å²) in [5.74, 6) is 0.488. The molecule has 8 nitrogen and oxygen atoms in total. The van der Waals surface area contributed by atoms with Gasteiger partial charge in [0, 0.05) is 11.8 Å². The van der Waals surface area contributed by atoms with Gasteiger partial charge in [0.05, 0.1) is 24.8 Å².